The van der Waals surface area contributed by atoms with Crippen molar-refractivity contribution in [3.8, 4) is 0 Å². The van der Waals surface area contributed by atoms with E-state index in [1.165, 1.54) is 6.08 Å². The molecule has 0 radical (unpaired) electrons. The Balaban J connectivity index is 2.84. The van der Waals surface area contributed by atoms with Crippen LogP contribution in [0.15, 0.2) is 18.9 Å². The number of rotatable bonds is 3. The molecular formula is C9H14N4O. The van der Waals surface area contributed by atoms with Gasteiger partial charge in [-0.3, -0.25) is 9.48 Å². The first-order valence-electron chi connectivity index (χ1n) is 4.27. The molecule has 1 rings (SSSR count). The third-order valence-corrected chi connectivity index (χ3v) is 1.86. The van der Waals surface area contributed by atoms with Crippen molar-refractivity contribution >= 4 is 5.91 Å². The van der Waals surface area contributed by atoms with Gasteiger partial charge in [-0.15, -0.1) is 5.10 Å². The minimum absolute atomic E-state index is 0.222. The normalized spacial score (nSPS) is 11.1. The maximum atomic E-state index is 11.1. The Labute approximate surface area is 82.8 Å². The highest BCUT2D eigenvalue weighted by Gasteiger charge is 2.24. The van der Waals surface area contributed by atoms with Crippen LogP contribution < -0.4 is 5.32 Å². The van der Waals surface area contributed by atoms with Gasteiger partial charge in [0.1, 0.15) is 5.69 Å². The van der Waals surface area contributed by atoms with Gasteiger partial charge in [0.2, 0.25) is 5.91 Å². The van der Waals surface area contributed by atoms with E-state index >= 15 is 0 Å². The molecule has 0 atom stereocenters. The van der Waals surface area contributed by atoms with Crippen LogP contribution in [-0.2, 0) is 17.4 Å². The zero-order valence-corrected chi connectivity index (χ0v) is 8.61. The van der Waals surface area contributed by atoms with E-state index in [1.807, 2.05) is 13.8 Å². The highest BCUT2D eigenvalue weighted by atomic mass is 16.1. The number of aromatic nitrogens is 3. The van der Waals surface area contributed by atoms with E-state index in [2.05, 4.69) is 22.2 Å². The quantitative estimate of drug-likeness (QED) is 0.706. The Morgan fingerprint density at radius 1 is 1.71 bits per heavy atom. The fourth-order valence-electron chi connectivity index (χ4n) is 1.06. The van der Waals surface area contributed by atoms with Crippen LogP contribution in [0.1, 0.15) is 19.5 Å². The van der Waals surface area contributed by atoms with Crippen LogP contribution in [0, 0.1) is 0 Å². The number of hydrogen-bond acceptors (Lipinski definition) is 3. The summed E-state index contributed by atoms with van der Waals surface area (Å²) >= 11 is 0. The molecule has 0 aliphatic heterocycles. The second-order valence-electron chi connectivity index (χ2n) is 3.60. The number of carbonyl (C=O) groups excluding carboxylic acids is 1. The second-order valence-corrected chi connectivity index (χ2v) is 3.60. The summed E-state index contributed by atoms with van der Waals surface area (Å²) in [4.78, 5) is 11.1. The SMILES string of the molecule is C=CC(=O)NC(C)(C)c1cn(C)nn1. The molecule has 0 aromatic carbocycles. The van der Waals surface area contributed by atoms with Crippen LogP contribution in [0.3, 0.4) is 0 Å². The summed E-state index contributed by atoms with van der Waals surface area (Å²) in [5.41, 5.74) is 0.190. The van der Waals surface area contributed by atoms with Gasteiger partial charge in [0.05, 0.1) is 11.7 Å². The molecular weight excluding hydrogens is 180 g/mol. The zero-order valence-electron chi connectivity index (χ0n) is 8.61. The lowest BCUT2D eigenvalue weighted by atomic mass is 10.0. The lowest BCUT2D eigenvalue weighted by molar-refractivity contribution is -0.118. The topological polar surface area (TPSA) is 59.8 Å². The molecule has 0 bridgehead atoms. The van der Waals surface area contributed by atoms with Crippen LogP contribution in [0.2, 0.25) is 0 Å². The van der Waals surface area contributed by atoms with Crippen LogP contribution in [0.25, 0.3) is 0 Å². The molecule has 0 saturated carbocycles. The second kappa shape index (κ2) is 3.61. The molecule has 0 aliphatic carbocycles. The molecule has 5 heteroatoms. The molecule has 76 valence electrons. The Bertz CT molecular complexity index is 353. The summed E-state index contributed by atoms with van der Waals surface area (Å²) < 4.78 is 1.59. The van der Waals surface area contributed by atoms with Gasteiger partial charge in [-0.25, -0.2) is 0 Å². The number of amides is 1. The molecule has 1 N–H and O–H groups in total. The summed E-state index contributed by atoms with van der Waals surface area (Å²) in [7, 11) is 1.78. The fraction of sp³-hybridized carbons (Fsp3) is 0.444. The number of nitrogens with one attached hydrogen (secondary N) is 1. The van der Waals surface area contributed by atoms with Gasteiger partial charge < -0.3 is 5.32 Å². The van der Waals surface area contributed by atoms with Crippen molar-refractivity contribution in [1.82, 2.24) is 20.3 Å². The molecule has 1 heterocycles. The summed E-state index contributed by atoms with van der Waals surface area (Å²) in [5.74, 6) is -0.222. The van der Waals surface area contributed by atoms with Crippen LogP contribution in [-0.4, -0.2) is 20.9 Å². The largest absolute Gasteiger partial charge is 0.342 e. The summed E-state index contributed by atoms with van der Waals surface area (Å²) in [6.45, 7) is 7.11. The number of aryl methyl sites for hydroxylation is 1. The smallest absolute Gasteiger partial charge is 0.244 e. The first-order valence-corrected chi connectivity index (χ1v) is 4.27. The molecule has 1 aromatic heterocycles. The number of hydrogen-bond donors (Lipinski definition) is 1. The molecule has 1 aromatic rings. The molecule has 0 saturated heterocycles. The Morgan fingerprint density at radius 3 is 2.79 bits per heavy atom. The molecule has 0 fully saturated rings. The van der Waals surface area contributed by atoms with Gasteiger partial charge in [0.25, 0.3) is 0 Å². The highest BCUT2D eigenvalue weighted by Crippen LogP contribution is 2.16. The van der Waals surface area contributed by atoms with E-state index in [0.29, 0.717) is 0 Å². The monoisotopic (exact) mass is 194 g/mol. The first-order chi connectivity index (χ1) is 6.45. The minimum atomic E-state index is -0.528. The zero-order chi connectivity index (χ0) is 10.8. The maximum absolute atomic E-state index is 11.1. The molecule has 0 unspecified atom stereocenters. The van der Waals surface area contributed by atoms with Gasteiger partial charge in [-0.05, 0) is 19.9 Å². The van der Waals surface area contributed by atoms with Crippen molar-refractivity contribution < 1.29 is 4.79 Å². The third-order valence-electron chi connectivity index (χ3n) is 1.86. The maximum Gasteiger partial charge on any atom is 0.244 e. The van der Waals surface area contributed by atoms with Crippen molar-refractivity contribution in [3.05, 3.63) is 24.5 Å². The highest BCUT2D eigenvalue weighted by molar-refractivity contribution is 5.87. The van der Waals surface area contributed by atoms with Crippen molar-refractivity contribution in [2.24, 2.45) is 7.05 Å². The average Bonchev–Trinajstić information content (AvgIpc) is 2.51. The number of carbonyl (C=O) groups is 1. The van der Waals surface area contributed by atoms with Crippen molar-refractivity contribution in [2.75, 3.05) is 0 Å². The van der Waals surface area contributed by atoms with E-state index in [4.69, 9.17) is 0 Å². The van der Waals surface area contributed by atoms with Gasteiger partial charge in [-0.1, -0.05) is 11.8 Å². The van der Waals surface area contributed by atoms with E-state index in [1.54, 1.807) is 17.9 Å². The average molecular weight is 194 g/mol. The lowest BCUT2D eigenvalue weighted by Gasteiger charge is -2.22. The number of nitrogens with zero attached hydrogens (tertiary/aromatic N) is 3. The lowest BCUT2D eigenvalue weighted by Crippen LogP contribution is -2.40. The molecule has 0 aliphatic rings. The van der Waals surface area contributed by atoms with Gasteiger partial charge >= 0.3 is 0 Å². The van der Waals surface area contributed by atoms with E-state index < -0.39 is 5.54 Å². The Morgan fingerprint density at radius 2 is 2.36 bits per heavy atom. The molecule has 1 amide bonds. The molecule has 14 heavy (non-hydrogen) atoms. The predicted octanol–water partition coefficient (Wildman–Crippen LogP) is 0.352. The standard InChI is InChI=1S/C9H14N4O/c1-5-8(14)10-9(2,3)7-6-13(4)12-11-7/h5-6H,1H2,2-4H3,(H,10,14). The predicted molar refractivity (Wildman–Crippen MR) is 52.4 cm³/mol. The summed E-state index contributed by atoms with van der Waals surface area (Å²) in [5, 5.41) is 10.5. The third kappa shape index (κ3) is 2.18. The molecule has 5 nitrogen and oxygen atoms in total. The minimum Gasteiger partial charge on any atom is -0.342 e. The van der Waals surface area contributed by atoms with Gasteiger partial charge in [0.15, 0.2) is 0 Å². The van der Waals surface area contributed by atoms with Crippen LogP contribution in [0.5, 0.6) is 0 Å². The molecule has 0 spiro atoms. The van der Waals surface area contributed by atoms with E-state index in [-0.39, 0.29) is 5.91 Å². The van der Waals surface area contributed by atoms with E-state index in [0.717, 1.165) is 5.69 Å². The van der Waals surface area contributed by atoms with Crippen LogP contribution in [0.4, 0.5) is 0 Å². The first kappa shape index (κ1) is 10.4. The van der Waals surface area contributed by atoms with Crippen molar-refractivity contribution in [2.45, 2.75) is 19.4 Å². The summed E-state index contributed by atoms with van der Waals surface area (Å²) in [6, 6.07) is 0. The van der Waals surface area contributed by atoms with Gasteiger partial charge in [0, 0.05) is 7.05 Å². The van der Waals surface area contributed by atoms with Crippen molar-refractivity contribution in [3.63, 3.8) is 0 Å². The van der Waals surface area contributed by atoms with E-state index in [9.17, 15) is 4.79 Å². The van der Waals surface area contributed by atoms with Gasteiger partial charge in [-0.2, -0.15) is 0 Å². The van der Waals surface area contributed by atoms with Crippen LogP contribution >= 0.6 is 0 Å². The Kier molecular flexibility index (Phi) is 2.69. The fourth-order valence-corrected chi connectivity index (χ4v) is 1.06. The Hall–Kier alpha value is -1.65. The summed E-state index contributed by atoms with van der Waals surface area (Å²) in [6.07, 6.45) is 3.00. The van der Waals surface area contributed by atoms with Crippen molar-refractivity contribution in [1.29, 1.82) is 0 Å².